The summed E-state index contributed by atoms with van der Waals surface area (Å²) in [6.07, 6.45) is 1.53. The summed E-state index contributed by atoms with van der Waals surface area (Å²) in [7, 11) is 0. The molecule has 4 aromatic rings. The van der Waals surface area contributed by atoms with E-state index >= 15 is 0 Å². The quantitative estimate of drug-likeness (QED) is 0.334. The van der Waals surface area contributed by atoms with E-state index in [1.807, 2.05) is 19.2 Å². The Bertz CT molecular complexity index is 1390. The van der Waals surface area contributed by atoms with Gasteiger partial charge in [0, 0.05) is 29.0 Å². The number of rotatable bonds is 6. The molecule has 0 aliphatic rings. The van der Waals surface area contributed by atoms with Gasteiger partial charge in [-0.2, -0.15) is 0 Å². The van der Waals surface area contributed by atoms with Crippen LogP contribution in [0.25, 0.3) is 21.5 Å². The van der Waals surface area contributed by atoms with Crippen LogP contribution in [-0.2, 0) is 11.3 Å². The first-order valence-corrected chi connectivity index (χ1v) is 10.7. The summed E-state index contributed by atoms with van der Waals surface area (Å²) in [5.74, 6) is 0.457. The van der Waals surface area contributed by atoms with Crippen molar-refractivity contribution in [1.82, 2.24) is 9.55 Å². The van der Waals surface area contributed by atoms with Crippen molar-refractivity contribution < 1.29 is 14.1 Å². The lowest BCUT2D eigenvalue weighted by Gasteiger charge is -2.15. The lowest BCUT2D eigenvalue weighted by atomic mass is 10.1. The first kappa shape index (κ1) is 21.4. The van der Waals surface area contributed by atoms with Gasteiger partial charge in [-0.1, -0.05) is 19.9 Å². The van der Waals surface area contributed by atoms with Gasteiger partial charge in [-0.05, 0) is 24.6 Å². The Hall–Kier alpha value is -3.79. The third-order valence-electron chi connectivity index (χ3n) is 5.03. The number of carbonyl (C=O) groups is 1. The fourth-order valence-corrected chi connectivity index (χ4v) is 4.36. The fraction of sp³-hybridized carbons (Fsp3) is 0.227. The number of anilines is 1. The van der Waals surface area contributed by atoms with Gasteiger partial charge in [-0.15, -0.1) is 11.3 Å². The maximum atomic E-state index is 13.4. The Kier molecular flexibility index (Phi) is 5.62. The highest BCUT2D eigenvalue weighted by Crippen LogP contribution is 2.32. The Morgan fingerprint density at radius 3 is 2.78 bits per heavy atom. The van der Waals surface area contributed by atoms with Crippen LogP contribution in [0.2, 0.25) is 0 Å². The maximum Gasteiger partial charge on any atom is 0.271 e. The third kappa shape index (κ3) is 3.92. The highest BCUT2D eigenvalue weighted by atomic mass is 32.1. The van der Waals surface area contributed by atoms with Crippen LogP contribution in [0.3, 0.4) is 0 Å². The van der Waals surface area contributed by atoms with Crippen LogP contribution in [0.15, 0.2) is 51.2 Å². The molecule has 164 valence electrons. The number of carbonyl (C=O) groups excluding carboxylic acids is 1. The molecule has 0 radical (unpaired) electrons. The second-order valence-corrected chi connectivity index (χ2v) is 8.49. The molecule has 1 aromatic carbocycles. The molecule has 0 saturated carbocycles. The highest BCUT2D eigenvalue weighted by molar-refractivity contribution is 7.17. The Labute approximate surface area is 186 Å². The molecule has 3 heterocycles. The first-order chi connectivity index (χ1) is 15.3. The predicted molar refractivity (Wildman–Crippen MR) is 122 cm³/mol. The van der Waals surface area contributed by atoms with Crippen LogP contribution < -0.4 is 10.9 Å². The molecule has 10 heteroatoms. The molecule has 9 nitrogen and oxygen atoms in total. The molecule has 4 rings (SSSR count). The van der Waals surface area contributed by atoms with E-state index in [-0.39, 0.29) is 23.7 Å². The molecule has 0 bridgehead atoms. The number of thiophene rings is 1. The number of aryl methyl sites for hydroxylation is 1. The summed E-state index contributed by atoms with van der Waals surface area (Å²) in [6.45, 7) is 5.26. The minimum Gasteiger partial charge on any atom is -0.464 e. The number of furan rings is 1. The minimum absolute atomic E-state index is 0.103. The molecule has 0 atom stereocenters. The lowest BCUT2D eigenvalue weighted by Crippen LogP contribution is -2.31. The van der Waals surface area contributed by atoms with E-state index < -0.39 is 10.8 Å². The molecule has 32 heavy (non-hydrogen) atoms. The molecule has 3 aromatic heterocycles. The zero-order valence-corrected chi connectivity index (χ0v) is 18.4. The number of fused-ring (bicyclic) bond motifs is 1. The largest absolute Gasteiger partial charge is 0.464 e. The number of nitrogens with one attached hydrogen (secondary N) is 1. The van der Waals surface area contributed by atoms with Crippen molar-refractivity contribution >= 4 is 38.8 Å². The summed E-state index contributed by atoms with van der Waals surface area (Å²) in [5.41, 5.74) is 1.16. The zero-order valence-electron chi connectivity index (χ0n) is 17.6. The number of amides is 1. The molecule has 0 aliphatic carbocycles. The standard InChI is InChI=1S/C22H20N4O5S/c1-12(2)20-24-21-19(15(11-32-21)17-5-4-8-31-17)22(28)25(20)10-18(27)23-16-9-14(26(29)30)7-6-13(16)3/h4-9,11-12H,10H2,1-3H3,(H,23,27). The van der Waals surface area contributed by atoms with Gasteiger partial charge in [0.15, 0.2) is 0 Å². The Morgan fingerprint density at radius 2 is 2.12 bits per heavy atom. The molecular weight excluding hydrogens is 432 g/mol. The van der Waals surface area contributed by atoms with Crippen molar-refractivity contribution in [2.45, 2.75) is 33.2 Å². The number of benzene rings is 1. The van der Waals surface area contributed by atoms with Crippen LogP contribution in [0.4, 0.5) is 11.4 Å². The lowest BCUT2D eigenvalue weighted by molar-refractivity contribution is -0.384. The number of nitrogens with zero attached hydrogens (tertiary/aromatic N) is 3. The minimum atomic E-state index is -0.527. The number of hydrogen-bond donors (Lipinski definition) is 1. The van der Waals surface area contributed by atoms with Crippen molar-refractivity contribution in [3.05, 3.63) is 73.8 Å². The van der Waals surface area contributed by atoms with Crippen molar-refractivity contribution in [1.29, 1.82) is 0 Å². The van der Waals surface area contributed by atoms with Gasteiger partial charge in [0.2, 0.25) is 5.91 Å². The number of hydrogen-bond acceptors (Lipinski definition) is 7. The molecule has 0 spiro atoms. The fourth-order valence-electron chi connectivity index (χ4n) is 3.44. The van der Waals surface area contributed by atoms with Gasteiger partial charge in [-0.3, -0.25) is 24.3 Å². The summed E-state index contributed by atoms with van der Waals surface area (Å²) in [4.78, 5) is 42.1. The number of nitro groups is 1. The van der Waals surface area contributed by atoms with Crippen LogP contribution >= 0.6 is 11.3 Å². The molecule has 0 unspecified atom stereocenters. The molecule has 0 saturated heterocycles. The zero-order chi connectivity index (χ0) is 23.0. The monoisotopic (exact) mass is 452 g/mol. The highest BCUT2D eigenvalue weighted by Gasteiger charge is 2.21. The van der Waals surface area contributed by atoms with Crippen molar-refractivity contribution in [2.75, 3.05) is 5.32 Å². The Balaban J connectivity index is 1.74. The van der Waals surface area contributed by atoms with Crippen LogP contribution in [-0.4, -0.2) is 20.4 Å². The van der Waals surface area contributed by atoms with E-state index in [2.05, 4.69) is 10.3 Å². The van der Waals surface area contributed by atoms with E-state index in [0.717, 1.165) is 0 Å². The van der Waals surface area contributed by atoms with Crippen LogP contribution in [0, 0.1) is 17.0 Å². The summed E-state index contributed by atoms with van der Waals surface area (Å²) in [6, 6.07) is 7.74. The number of non-ortho nitro benzene ring substituents is 1. The summed E-state index contributed by atoms with van der Waals surface area (Å²) >= 11 is 1.35. The molecule has 1 N–H and O–H groups in total. The average Bonchev–Trinajstić information content (AvgIpc) is 3.40. The number of aromatic nitrogens is 2. The summed E-state index contributed by atoms with van der Waals surface area (Å²) in [5, 5.41) is 16.0. The van der Waals surface area contributed by atoms with Gasteiger partial charge >= 0.3 is 0 Å². The van der Waals surface area contributed by atoms with Crippen LogP contribution in [0.1, 0.15) is 31.2 Å². The second kappa shape index (κ2) is 8.39. The van der Waals surface area contributed by atoms with Crippen LogP contribution in [0.5, 0.6) is 0 Å². The van der Waals surface area contributed by atoms with Crippen molar-refractivity contribution in [3.63, 3.8) is 0 Å². The maximum absolute atomic E-state index is 13.4. The normalized spacial score (nSPS) is 11.2. The van der Waals surface area contributed by atoms with E-state index in [1.54, 1.807) is 25.1 Å². The Morgan fingerprint density at radius 1 is 1.34 bits per heavy atom. The van der Waals surface area contributed by atoms with Gasteiger partial charge in [-0.25, -0.2) is 4.98 Å². The SMILES string of the molecule is Cc1ccc([N+](=O)[O-])cc1NC(=O)Cn1c(C(C)C)nc2scc(-c3ccco3)c2c1=O. The molecule has 0 fully saturated rings. The number of nitro benzene ring substituents is 1. The topological polar surface area (TPSA) is 120 Å². The second-order valence-electron chi connectivity index (χ2n) is 7.63. The predicted octanol–water partition coefficient (Wildman–Crippen LogP) is 4.70. The smallest absolute Gasteiger partial charge is 0.271 e. The van der Waals surface area contributed by atoms with E-state index in [9.17, 15) is 19.7 Å². The van der Waals surface area contributed by atoms with E-state index in [1.165, 1.54) is 34.3 Å². The summed E-state index contributed by atoms with van der Waals surface area (Å²) < 4.78 is 6.81. The molecular formula is C22H20N4O5S. The molecule has 0 aliphatic heterocycles. The van der Waals surface area contributed by atoms with Gasteiger partial charge in [0.05, 0.1) is 22.3 Å². The van der Waals surface area contributed by atoms with Crippen molar-refractivity contribution in [3.8, 4) is 11.3 Å². The van der Waals surface area contributed by atoms with Gasteiger partial charge in [0.1, 0.15) is 23.0 Å². The molecule has 1 amide bonds. The average molecular weight is 452 g/mol. The van der Waals surface area contributed by atoms with Crippen molar-refractivity contribution in [2.24, 2.45) is 0 Å². The van der Waals surface area contributed by atoms with E-state index in [0.29, 0.717) is 38.6 Å². The third-order valence-corrected chi connectivity index (χ3v) is 5.91. The first-order valence-electron chi connectivity index (χ1n) is 9.87. The van der Waals surface area contributed by atoms with E-state index in [4.69, 9.17) is 4.42 Å². The van der Waals surface area contributed by atoms with Gasteiger partial charge < -0.3 is 9.73 Å². The van der Waals surface area contributed by atoms with Gasteiger partial charge in [0.25, 0.3) is 11.2 Å².